The molecule has 25 heavy (non-hydrogen) atoms. The van der Waals surface area contributed by atoms with Crippen LogP contribution in [0.1, 0.15) is 15.9 Å². The summed E-state index contributed by atoms with van der Waals surface area (Å²) in [5, 5.41) is 15.3. The summed E-state index contributed by atoms with van der Waals surface area (Å²) in [6.45, 7) is 0. The van der Waals surface area contributed by atoms with E-state index in [-0.39, 0.29) is 10.5 Å². The number of aromatic carboxylic acids is 1. The predicted octanol–water partition coefficient (Wildman–Crippen LogP) is 2.94. The zero-order valence-electron chi connectivity index (χ0n) is 13.0. The van der Waals surface area contributed by atoms with Crippen LogP contribution in [-0.4, -0.2) is 25.7 Å². The van der Waals surface area contributed by atoms with E-state index in [2.05, 4.69) is 4.99 Å². The monoisotopic (exact) mass is 354 g/mol. The summed E-state index contributed by atoms with van der Waals surface area (Å²) in [5.41, 5.74) is 1.51. The van der Waals surface area contributed by atoms with Gasteiger partial charge in [0.1, 0.15) is 0 Å². The molecule has 0 aliphatic rings. The Hall–Kier alpha value is -3.03. The molecule has 3 rings (SSSR count). The van der Waals surface area contributed by atoms with Gasteiger partial charge in [0.2, 0.25) is 10.0 Å². The number of aliphatic imine (C=N–C) groups is 1. The van der Waals surface area contributed by atoms with Gasteiger partial charge in [-0.1, -0.05) is 36.4 Å². The number of benzene rings is 3. The van der Waals surface area contributed by atoms with Crippen molar-refractivity contribution in [2.24, 2.45) is 10.1 Å². The Morgan fingerprint density at radius 2 is 1.60 bits per heavy atom. The molecule has 7 heteroatoms. The number of sulfonamides is 1. The highest BCUT2D eigenvalue weighted by Crippen LogP contribution is 2.30. The van der Waals surface area contributed by atoms with Crippen LogP contribution in [0.3, 0.4) is 0 Å². The minimum Gasteiger partial charge on any atom is -0.478 e. The SMILES string of the molecule is NS(=O)(=O)c1cccc2c(N=Cc3ccc(C(=O)O)cc3)cccc12. The first-order chi connectivity index (χ1) is 11.9. The van der Waals surface area contributed by atoms with E-state index in [4.69, 9.17) is 10.2 Å². The first-order valence-corrected chi connectivity index (χ1v) is 8.83. The molecule has 0 amide bonds. The maximum atomic E-state index is 11.7. The van der Waals surface area contributed by atoms with Crippen LogP contribution >= 0.6 is 0 Å². The Labute approximate surface area is 144 Å². The van der Waals surface area contributed by atoms with Crippen molar-refractivity contribution in [1.29, 1.82) is 0 Å². The third-order valence-corrected chi connectivity index (χ3v) is 4.64. The topological polar surface area (TPSA) is 110 Å². The third-order valence-electron chi connectivity index (χ3n) is 3.68. The van der Waals surface area contributed by atoms with Gasteiger partial charge in [0.05, 0.1) is 16.1 Å². The molecule has 3 aromatic carbocycles. The van der Waals surface area contributed by atoms with Gasteiger partial charge in [0, 0.05) is 17.0 Å². The van der Waals surface area contributed by atoms with Crippen molar-refractivity contribution in [3.63, 3.8) is 0 Å². The van der Waals surface area contributed by atoms with Crippen LogP contribution in [-0.2, 0) is 10.0 Å². The van der Waals surface area contributed by atoms with E-state index in [0.29, 0.717) is 16.5 Å². The average molecular weight is 354 g/mol. The molecule has 0 unspecified atom stereocenters. The maximum Gasteiger partial charge on any atom is 0.335 e. The molecule has 0 aromatic heterocycles. The van der Waals surface area contributed by atoms with Gasteiger partial charge < -0.3 is 5.11 Å². The predicted molar refractivity (Wildman–Crippen MR) is 96.0 cm³/mol. The molecule has 0 radical (unpaired) electrons. The lowest BCUT2D eigenvalue weighted by Crippen LogP contribution is -2.12. The fourth-order valence-electron chi connectivity index (χ4n) is 2.48. The van der Waals surface area contributed by atoms with Crippen LogP contribution in [0.4, 0.5) is 5.69 Å². The summed E-state index contributed by atoms with van der Waals surface area (Å²) in [7, 11) is -3.83. The molecule has 0 heterocycles. The van der Waals surface area contributed by atoms with Crippen molar-refractivity contribution < 1.29 is 18.3 Å². The Kier molecular flexibility index (Phi) is 4.35. The summed E-state index contributed by atoms with van der Waals surface area (Å²) in [6, 6.07) is 16.3. The van der Waals surface area contributed by atoms with E-state index >= 15 is 0 Å². The largest absolute Gasteiger partial charge is 0.478 e. The molecule has 0 fully saturated rings. The molecule has 0 saturated carbocycles. The standard InChI is InChI=1S/C18H14N2O4S/c19-25(23,24)17-6-2-3-14-15(17)4-1-5-16(14)20-11-12-7-9-13(10-8-12)18(21)22/h1-11H,(H,21,22)(H2,19,23,24). The number of carboxylic acids is 1. The highest BCUT2D eigenvalue weighted by atomic mass is 32.2. The summed E-state index contributed by atoms with van der Waals surface area (Å²) < 4.78 is 23.4. The van der Waals surface area contributed by atoms with Crippen LogP contribution in [0.2, 0.25) is 0 Å². The molecular weight excluding hydrogens is 340 g/mol. The van der Waals surface area contributed by atoms with E-state index in [1.54, 1.807) is 48.7 Å². The van der Waals surface area contributed by atoms with Gasteiger partial charge in [-0.2, -0.15) is 0 Å². The van der Waals surface area contributed by atoms with Gasteiger partial charge in [-0.05, 0) is 29.8 Å². The van der Waals surface area contributed by atoms with Crippen LogP contribution in [0, 0.1) is 0 Å². The Balaban J connectivity index is 2.03. The number of nitrogens with two attached hydrogens (primary N) is 1. The van der Waals surface area contributed by atoms with Crippen molar-refractivity contribution in [3.8, 4) is 0 Å². The number of carboxylic acid groups (broad SMARTS) is 1. The maximum absolute atomic E-state index is 11.7. The van der Waals surface area contributed by atoms with Gasteiger partial charge in [-0.3, -0.25) is 4.99 Å². The van der Waals surface area contributed by atoms with E-state index in [1.807, 2.05) is 0 Å². The highest BCUT2D eigenvalue weighted by molar-refractivity contribution is 7.89. The summed E-state index contributed by atoms with van der Waals surface area (Å²) in [4.78, 5) is 15.3. The smallest absolute Gasteiger partial charge is 0.335 e. The molecule has 0 bridgehead atoms. The third kappa shape index (κ3) is 3.57. The molecule has 0 aliphatic carbocycles. The lowest BCUT2D eigenvalue weighted by Gasteiger charge is -2.06. The fourth-order valence-corrected chi connectivity index (χ4v) is 3.23. The number of hydrogen-bond donors (Lipinski definition) is 2. The van der Waals surface area contributed by atoms with Gasteiger partial charge in [-0.15, -0.1) is 0 Å². The van der Waals surface area contributed by atoms with Crippen molar-refractivity contribution in [2.75, 3.05) is 0 Å². The molecular formula is C18H14N2O4S. The second-order valence-electron chi connectivity index (χ2n) is 5.36. The Morgan fingerprint density at radius 3 is 2.24 bits per heavy atom. The second-order valence-corrected chi connectivity index (χ2v) is 6.89. The normalized spacial score (nSPS) is 11.9. The van der Waals surface area contributed by atoms with Crippen LogP contribution in [0.5, 0.6) is 0 Å². The van der Waals surface area contributed by atoms with Crippen molar-refractivity contribution >= 4 is 38.7 Å². The molecule has 126 valence electrons. The average Bonchev–Trinajstić information content (AvgIpc) is 2.59. The number of fused-ring (bicyclic) bond motifs is 1. The number of carbonyl (C=O) groups is 1. The minimum absolute atomic E-state index is 0.0489. The van der Waals surface area contributed by atoms with Crippen LogP contribution in [0.15, 0.2) is 70.6 Å². The molecule has 3 N–H and O–H groups in total. The van der Waals surface area contributed by atoms with Crippen LogP contribution in [0.25, 0.3) is 10.8 Å². The molecule has 3 aromatic rings. The van der Waals surface area contributed by atoms with Gasteiger partial charge in [-0.25, -0.2) is 18.4 Å². The quantitative estimate of drug-likeness (QED) is 0.702. The van der Waals surface area contributed by atoms with E-state index in [1.165, 1.54) is 18.2 Å². The van der Waals surface area contributed by atoms with Crippen molar-refractivity contribution in [1.82, 2.24) is 0 Å². The number of hydrogen-bond acceptors (Lipinski definition) is 4. The Bertz CT molecular complexity index is 1090. The zero-order chi connectivity index (χ0) is 18.0. The number of nitrogens with zero attached hydrogens (tertiary/aromatic N) is 1. The molecule has 0 spiro atoms. The van der Waals surface area contributed by atoms with Gasteiger partial charge in [0.15, 0.2) is 0 Å². The molecule has 0 atom stereocenters. The molecule has 6 nitrogen and oxygen atoms in total. The lowest BCUT2D eigenvalue weighted by molar-refractivity contribution is 0.0697. The van der Waals surface area contributed by atoms with E-state index < -0.39 is 16.0 Å². The van der Waals surface area contributed by atoms with Gasteiger partial charge in [0.25, 0.3) is 0 Å². The second kappa shape index (κ2) is 6.46. The zero-order valence-corrected chi connectivity index (χ0v) is 13.8. The molecule has 0 aliphatic heterocycles. The van der Waals surface area contributed by atoms with Gasteiger partial charge >= 0.3 is 5.97 Å². The van der Waals surface area contributed by atoms with Crippen molar-refractivity contribution in [2.45, 2.75) is 4.90 Å². The summed E-state index contributed by atoms with van der Waals surface area (Å²) in [5.74, 6) is -0.993. The lowest BCUT2D eigenvalue weighted by atomic mass is 10.1. The number of primary sulfonamides is 1. The first kappa shape index (κ1) is 16.8. The fraction of sp³-hybridized carbons (Fsp3) is 0. The minimum atomic E-state index is -3.83. The van der Waals surface area contributed by atoms with Crippen molar-refractivity contribution in [3.05, 3.63) is 71.8 Å². The Morgan fingerprint density at radius 1 is 0.960 bits per heavy atom. The van der Waals surface area contributed by atoms with E-state index in [9.17, 15) is 13.2 Å². The summed E-state index contributed by atoms with van der Waals surface area (Å²) >= 11 is 0. The molecule has 0 saturated heterocycles. The van der Waals surface area contributed by atoms with E-state index in [0.717, 1.165) is 5.56 Å². The highest BCUT2D eigenvalue weighted by Gasteiger charge is 2.13. The van der Waals surface area contributed by atoms with Crippen LogP contribution < -0.4 is 5.14 Å². The first-order valence-electron chi connectivity index (χ1n) is 7.28. The summed E-state index contributed by atoms with van der Waals surface area (Å²) in [6.07, 6.45) is 1.59. The number of rotatable bonds is 4.